The third kappa shape index (κ3) is 2.03. The van der Waals surface area contributed by atoms with Gasteiger partial charge in [-0.15, -0.1) is 0 Å². The Morgan fingerprint density at radius 3 is 2.73 bits per heavy atom. The first-order valence-electron chi connectivity index (χ1n) is 4.56. The van der Waals surface area contributed by atoms with Gasteiger partial charge in [-0.2, -0.15) is 0 Å². The van der Waals surface area contributed by atoms with Crippen LogP contribution in [0.2, 0.25) is 5.02 Å². The number of benzene rings is 1. The summed E-state index contributed by atoms with van der Waals surface area (Å²) in [7, 11) is 1.90. The number of nitrogens with one attached hydrogen (secondary N) is 1. The van der Waals surface area contributed by atoms with Gasteiger partial charge in [0.1, 0.15) is 0 Å². The van der Waals surface area contributed by atoms with Crippen molar-refractivity contribution in [2.75, 3.05) is 12.4 Å². The van der Waals surface area contributed by atoms with Gasteiger partial charge in [-0.3, -0.25) is 4.98 Å². The second kappa shape index (κ2) is 4.14. The zero-order valence-electron chi connectivity index (χ0n) is 8.44. The third-order valence-corrected chi connectivity index (χ3v) is 3.14. The van der Waals surface area contributed by atoms with Crippen molar-refractivity contribution in [3.8, 4) is 0 Å². The highest BCUT2D eigenvalue weighted by atomic mass is 127. The van der Waals surface area contributed by atoms with Crippen LogP contribution in [0.3, 0.4) is 0 Å². The smallest absolute Gasteiger partial charge is 0.0912 e. The second-order valence-corrected chi connectivity index (χ2v) is 5.00. The summed E-state index contributed by atoms with van der Waals surface area (Å²) in [6.07, 6.45) is 0. The lowest BCUT2D eigenvalue weighted by Crippen LogP contribution is -1.94. The van der Waals surface area contributed by atoms with Gasteiger partial charge >= 0.3 is 0 Å². The molecule has 0 amide bonds. The first-order valence-corrected chi connectivity index (χ1v) is 6.01. The number of hydrogen-bond donors (Lipinski definition) is 1. The van der Waals surface area contributed by atoms with Gasteiger partial charge in [0.05, 0.1) is 10.5 Å². The molecule has 4 heteroatoms. The summed E-state index contributed by atoms with van der Waals surface area (Å²) < 4.78 is 1.12. The molecule has 0 spiro atoms. The minimum absolute atomic E-state index is 0.706. The van der Waals surface area contributed by atoms with Crippen molar-refractivity contribution in [3.63, 3.8) is 0 Å². The Bertz CT molecular complexity index is 525. The molecule has 15 heavy (non-hydrogen) atoms. The lowest BCUT2D eigenvalue weighted by atomic mass is 10.1. The maximum absolute atomic E-state index is 6.17. The van der Waals surface area contributed by atoms with Crippen LogP contribution in [-0.4, -0.2) is 12.0 Å². The Hall–Kier alpha value is -0.550. The van der Waals surface area contributed by atoms with Gasteiger partial charge in [-0.1, -0.05) is 11.6 Å². The van der Waals surface area contributed by atoms with Crippen LogP contribution in [0, 0.1) is 10.5 Å². The minimum Gasteiger partial charge on any atom is -0.388 e. The Balaban J connectivity index is 2.89. The van der Waals surface area contributed by atoms with Crippen LogP contribution in [0.25, 0.3) is 10.9 Å². The fourth-order valence-corrected chi connectivity index (χ4v) is 2.66. The van der Waals surface area contributed by atoms with Crippen molar-refractivity contribution < 1.29 is 0 Å². The first kappa shape index (κ1) is 11.0. The van der Waals surface area contributed by atoms with Gasteiger partial charge < -0.3 is 5.32 Å². The minimum atomic E-state index is 0.706. The van der Waals surface area contributed by atoms with Crippen LogP contribution >= 0.6 is 34.2 Å². The van der Waals surface area contributed by atoms with E-state index in [0.29, 0.717) is 5.02 Å². The highest BCUT2D eigenvalue weighted by Crippen LogP contribution is 2.30. The molecular formula is C11H10ClIN2. The number of fused-ring (bicyclic) bond motifs is 1. The highest BCUT2D eigenvalue weighted by molar-refractivity contribution is 14.1. The first-order chi connectivity index (χ1) is 7.11. The van der Waals surface area contributed by atoms with E-state index in [-0.39, 0.29) is 0 Å². The van der Waals surface area contributed by atoms with E-state index in [1.165, 1.54) is 0 Å². The fourth-order valence-electron chi connectivity index (χ4n) is 1.59. The summed E-state index contributed by atoms with van der Waals surface area (Å²) in [5.74, 6) is 0. The van der Waals surface area contributed by atoms with Gasteiger partial charge in [0.15, 0.2) is 0 Å². The molecule has 0 aliphatic carbocycles. The molecule has 0 fully saturated rings. The number of aromatic nitrogens is 1. The molecule has 0 saturated carbocycles. The quantitative estimate of drug-likeness (QED) is 0.803. The molecule has 0 bridgehead atoms. The van der Waals surface area contributed by atoms with Crippen LogP contribution < -0.4 is 5.32 Å². The van der Waals surface area contributed by atoms with Crippen molar-refractivity contribution in [2.24, 2.45) is 0 Å². The zero-order valence-corrected chi connectivity index (χ0v) is 11.3. The molecule has 2 nitrogen and oxygen atoms in total. The number of hydrogen-bond acceptors (Lipinski definition) is 2. The monoisotopic (exact) mass is 332 g/mol. The van der Waals surface area contributed by atoms with E-state index in [4.69, 9.17) is 11.6 Å². The van der Waals surface area contributed by atoms with E-state index in [9.17, 15) is 0 Å². The van der Waals surface area contributed by atoms with Gasteiger partial charge in [-0.05, 0) is 47.7 Å². The van der Waals surface area contributed by atoms with Crippen LogP contribution in [0.1, 0.15) is 5.69 Å². The van der Waals surface area contributed by atoms with Gasteiger partial charge in [0, 0.05) is 27.4 Å². The van der Waals surface area contributed by atoms with Crippen molar-refractivity contribution >= 4 is 50.8 Å². The van der Waals surface area contributed by atoms with Crippen LogP contribution in [0.15, 0.2) is 18.2 Å². The van der Waals surface area contributed by atoms with Crippen LogP contribution in [0.5, 0.6) is 0 Å². The number of rotatable bonds is 1. The molecule has 0 radical (unpaired) electrons. The van der Waals surface area contributed by atoms with Crippen LogP contribution in [-0.2, 0) is 0 Å². The van der Waals surface area contributed by atoms with E-state index < -0.39 is 0 Å². The lowest BCUT2D eigenvalue weighted by molar-refractivity contribution is 1.25. The molecular weight excluding hydrogens is 322 g/mol. The molecule has 0 unspecified atom stereocenters. The fraction of sp³-hybridized carbons (Fsp3) is 0.182. The number of halogens is 2. The van der Waals surface area contributed by atoms with Gasteiger partial charge in [0.2, 0.25) is 0 Å². The molecule has 1 aromatic carbocycles. The van der Waals surface area contributed by atoms with Crippen molar-refractivity contribution in [1.82, 2.24) is 4.98 Å². The number of aryl methyl sites for hydroxylation is 1. The number of anilines is 1. The van der Waals surface area contributed by atoms with Gasteiger partial charge in [0.25, 0.3) is 0 Å². The molecule has 0 aliphatic rings. The van der Waals surface area contributed by atoms with Crippen LogP contribution in [0.4, 0.5) is 5.69 Å². The molecule has 78 valence electrons. The van der Waals surface area contributed by atoms with Crippen molar-refractivity contribution in [1.29, 1.82) is 0 Å². The third-order valence-electron chi connectivity index (χ3n) is 2.23. The second-order valence-electron chi connectivity index (χ2n) is 3.34. The maximum atomic E-state index is 6.17. The SMILES string of the molecule is CNc1cc(C)nc2c(Cl)cc(I)cc12. The van der Waals surface area contributed by atoms with E-state index in [1.54, 1.807) is 0 Å². The normalized spacial score (nSPS) is 10.7. The average molecular weight is 333 g/mol. The van der Waals surface area contributed by atoms with E-state index in [1.807, 2.05) is 26.1 Å². The lowest BCUT2D eigenvalue weighted by Gasteiger charge is -2.08. The highest BCUT2D eigenvalue weighted by Gasteiger charge is 2.07. The topological polar surface area (TPSA) is 24.9 Å². The summed E-state index contributed by atoms with van der Waals surface area (Å²) in [5.41, 5.74) is 2.90. The Morgan fingerprint density at radius 2 is 2.07 bits per heavy atom. The predicted molar refractivity (Wildman–Crippen MR) is 73.8 cm³/mol. The average Bonchev–Trinajstić information content (AvgIpc) is 2.18. The molecule has 0 atom stereocenters. The Morgan fingerprint density at radius 1 is 1.33 bits per heavy atom. The summed E-state index contributed by atoms with van der Waals surface area (Å²) in [6.45, 7) is 1.97. The predicted octanol–water partition coefficient (Wildman–Crippen LogP) is 3.84. The van der Waals surface area contributed by atoms with E-state index in [0.717, 1.165) is 25.9 Å². The molecule has 0 aliphatic heterocycles. The zero-order chi connectivity index (χ0) is 11.0. The van der Waals surface area contributed by atoms with E-state index in [2.05, 4.69) is 39.0 Å². The molecule has 1 heterocycles. The summed E-state index contributed by atoms with van der Waals surface area (Å²) in [5, 5.41) is 4.94. The molecule has 2 aromatic rings. The largest absolute Gasteiger partial charge is 0.388 e. The van der Waals surface area contributed by atoms with E-state index >= 15 is 0 Å². The maximum Gasteiger partial charge on any atom is 0.0912 e. The molecule has 0 saturated heterocycles. The van der Waals surface area contributed by atoms with Crippen molar-refractivity contribution in [3.05, 3.63) is 32.5 Å². The van der Waals surface area contributed by atoms with Crippen molar-refractivity contribution in [2.45, 2.75) is 6.92 Å². The molecule has 1 aromatic heterocycles. The number of pyridine rings is 1. The van der Waals surface area contributed by atoms with Gasteiger partial charge in [-0.25, -0.2) is 0 Å². The standard InChI is InChI=1S/C11H10ClIN2/c1-6-3-10(14-2)8-4-7(13)5-9(12)11(8)15-6/h3-5H,1-2H3,(H,14,15). The Labute approximate surface area is 107 Å². The summed E-state index contributed by atoms with van der Waals surface area (Å²) in [4.78, 5) is 4.45. The molecule has 2 rings (SSSR count). The summed E-state index contributed by atoms with van der Waals surface area (Å²) >= 11 is 8.42. The summed E-state index contributed by atoms with van der Waals surface area (Å²) in [6, 6.07) is 6.03. The number of nitrogens with zero attached hydrogens (tertiary/aromatic N) is 1. The Kier molecular flexibility index (Phi) is 3.02. The molecule has 1 N–H and O–H groups in total.